The Morgan fingerprint density at radius 3 is 1.36 bits per heavy atom. The summed E-state index contributed by atoms with van der Waals surface area (Å²) in [6, 6.07) is 21.2. The van der Waals surface area contributed by atoms with Crippen molar-refractivity contribution in [1.29, 1.82) is 0 Å². The van der Waals surface area contributed by atoms with Crippen LogP contribution in [0.3, 0.4) is 0 Å². The summed E-state index contributed by atoms with van der Waals surface area (Å²) in [6.07, 6.45) is 0.642. The molecule has 2 rings (SSSR count). The molecule has 0 saturated heterocycles. The van der Waals surface area contributed by atoms with Crippen LogP contribution in [0.5, 0.6) is 0 Å². The molecule has 6 nitrogen and oxygen atoms in total. The molecule has 0 heterocycles. The molecule has 0 saturated carbocycles. The second kappa shape index (κ2) is 15.6. The molecule has 0 aliphatic heterocycles. The Morgan fingerprint density at radius 2 is 1.00 bits per heavy atom. The third-order valence-corrected chi connectivity index (χ3v) is 11.6. The molecular formula is C29H46O6Si. The van der Waals surface area contributed by atoms with Crippen LogP contribution < -0.4 is 10.4 Å². The Kier molecular flexibility index (Phi) is 13.3. The maximum atomic E-state index is 6.98. The summed E-state index contributed by atoms with van der Waals surface area (Å²) in [4.78, 5) is 0. The zero-order valence-corrected chi connectivity index (χ0v) is 24.2. The van der Waals surface area contributed by atoms with E-state index in [1.54, 1.807) is 21.3 Å². The van der Waals surface area contributed by atoms with E-state index < -0.39 is 8.32 Å². The number of benzene rings is 2. The highest BCUT2D eigenvalue weighted by atomic mass is 28.4. The van der Waals surface area contributed by atoms with Gasteiger partial charge < -0.3 is 28.1 Å². The molecule has 2 aromatic rings. The Balaban J connectivity index is 2.06. The molecule has 3 atom stereocenters. The van der Waals surface area contributed by atoms with Gasteiger partial charge in [0.15, 0.2) is 0 Å². The third kappa shape index (κ3) is 8.48. The van der Waals surface area contributed by atoms with Crippen molar-refractivity contribution in [3.05, 3.63) is 60.7 Å². The number of ether oxygens (including phenoxy) is 5. The molecule has 7 heteroatoms. The summed E-state index contributed by atoms with van der Waals surface area (Å²) < 4.78 is 35.4. The fourth-order valence-corrected chi connectivity index (χ4v) is 8.95. The second-order valence-electron chi connectivity index (χ2n) is 10.0. The van der Waals surface area contributed by atoms with Crippen molar-refractivity contribution in [2.75, 3.05) is 54.4 Å². The van der Waals surface area contributed by atoms with Gasteiger partial charge in [-0.2, -0.15) is 0 Å². The van der Waals surface area contributed by atoms with Crippen molar-refractivity contribution >= 4 is 18.7 Å². The lowest BCUT2D eigenvalue weighted by molar-refractivity contribution is -0.0795. The van der Waals surface area contributed by atoms with Crippen LogP contribution in [0.1, 0.15) is 34.1 Å². The molecular weight excluding hydrogens is 472 g/mol. The van der Waals surface area contributed by atoms with Crippen molar-refractivity contribution in [2.24, 2.45) is 0 Å². The SMILES string of the molecule is CCC(COCC(COCC(CO[Si](c1ccccc1)(c1ccccc1)C(C)(C)C)OC)OC)OC. The summed E-state index contributed by atoms with van der Waals surface area (Å²) >= 11 is 0. The minimum Gasteiger partial charge on any atom is -0.405 e. The predicted octanol–water partition coefficient (Wildman–Crippen LogP) is 4.05. The van der Waals surface area contributed by atoms with Crippen LogP contribution in [0.2, 0.25) is 5.04 Å². The van der Waals surface area contributed by atoms with Crippen molar-refractivity contribution in [1.82, 2.24) is 0 Å². The van der Waals surface area contributed by atoms with Gasteiger partial charge in [-0.05, 0) is 21.8 Å². The highest BCUT2D eigenvalue weighted by molar-refractivity contribution is 6.99. The Bertz CT molecular complexity index is 783. The van der Waals surface area contributed by atoms with Crippen molar-refractivity contribution < 1.29 is 28.1 Å². The van der Waals surface area contributed by atoms with Crippen molar-refractivity contribution in [3.63, 3.8) is 0 Å². The number of rotatable bonds is 17. The average molecular weight is 519 g/mol. The van der Waals surface area contributed by atoms with Gasteiger partial charge in [0.05, 0.1) is 39.1 Å². The highest BCUT2D eigenvalue weighted by Gasteiger charge is 2.50. The maximum absolute atomic E-state index is 6.98. The third-order valence-electron chi connectivity index (χ3n) is 6.57. The smallest absolute Gasteiger partial charge is 0.261 e. The maximum Gasteiger partial charge on any atom is 0.261 e. The largest absolute Gasteiger partial charge is 0.405 e. The molecule has 0 spiro atoms. The Hall–Kier alpha value is -1.58. The molecule has 0 aromatic heterocycles. The van der Waals surface area contributed by atoms with E-state index in [1.807, 2.05) is 0 Å². The van der Waals surface area contributed by atoms with Gasteiger partial charge in [0.1, 0.15) is 12.2 Å². The fraction of sp³-hybridized carbons (Fsp3) is 0.586. The van der Waals surface area contributed by atoms with Gasteiger partial charge in [0.2, 0.25) is 0 Å². The van der Waals surface area contributed by atoms with Gasteiger partial charge in [0.25, 0.3) is 8.32 Å². The molecule has 0 bridgehead atoms. The molecule has 0 amide bonds. The number of hydrogen-bond acceptors (Lipinski definition) is 6. The minimum atomic E-state index is -2.62. The van der Waals surface area contributed by atoms with E-state index >= 15 is 0 Å². The standard InChI is InChI=1S/C29H46O6Si/c1-8-24(30-5)19-33-20-25(31-6)21-34-22-26(32-7)23-35-36(29(2,3)4,27-15-11-9-12-16-27)28-17-13-10-14-18-28/h9-18,24-26H,8,19-23H2,1-7H3. The van der Waals surface area contributed by atoms with E-state index in [9.17, 15) is 0 Å². The van der Waals surface area contributed by atoms with E-state index in [4.69, 9.17) is 28.1 Å². The van der Waals surface area contributed by atoms with E-state index in [0.717, 1.165) is 6.42 Å². The quantitative estimate of drug-likeness (QED) is 0.295. The molecule has 0 aliphatic rings. The summed E-state index contributed by atoms with van der Waals surface area (Å²) in [5.41, 5.74) is 0. The first-order chi connectivity index (χ1) is 17.3. The van der Waals surface area contributed by atoms with Crippen molar-refractivity contribution in [2.45, 2.75) is 57.5 Å². The van der Waals surface area contributed by atoms with Gasteiger partial charge in [-0.25, -0.2) is 0 Å². The van der Waals surface area contributed by atoms with Crippen LogP contribution in [-0.4, -0.2) is 81.0 Å². The molecule has 2 aromatic carbocycles. The first-order valence-electron chi connectivity index (χ1n) is 12.8. The zero-order valence-electron chi connectivity index (χ0n) is 23.2. The summed E-state index contributed by atoms with van der Waals surface area (Å²) in [5, 5.41) is 2.40. The lowest BCUT2D eigenvalue weighted by atomic mass is 10.2. The van der Waals surface area contributed by atoms with Crippen LogP contribution in [0, 0.1) is 0 Å². The second-order valence-corrected chi connectivity index (χ2v) is 14.3. The number of hydrogen-bond donors (Lipinski definition) is 0. The van der Waals surface area contributed by atoms with Crippen LogP contribution in [0.25, 0.3) is 0 Å². The average Bonchev–Trinajstić information content (AvgIpc) is 2.89. The summed E-state index contributed by atoms with van der Waals surface area (Å²) in [7, 11) is 2.45. The van der Waals surface area contributed by atoms with Crippen LogP contribution in [-0.2, 0) is 28.1 Å². The van der Waals surface area contributed by atoms with Gasteiger partial charge in [-0.1, -0.05) is 88.4 Å². The molecule has 0 fully saturated rings. The Morgan fingerprint density at radius 1 is 0.611 bits per heavy atom. The molecule has 0 N–H and O–H groups in total. The van der Waals surface area contributed by atoms with Crippen LogP contribution in [0.15, 0.2) is 60.7 Å². The number of methoxy groups -OCH3 is 3. The zero-order chi connectivity index (χ0) is 26.4. The molecule has 36 heavy (non-hydrogen) atoms. The summed E-state index contributed by atoms with van der Waals surface area (Å²) in [5.74, 6) is 0. The lowest BCUT2D eigenvalue weighted by Gasteiger charge is -2.43. The first kappa shape index (κ1) is 30.6. The van der Waals surface area contributed by atoms with Crippen LogP contribution in [0.4, 0.5) is 0 Å². The monoisotopic (exact) mass is 518 g/mol. The van der Waals surface area contributed by atoms with Gasteiger partial charge in [-0.3, -0.25) is 0 Å². The van der Waals surface area contributed by atoms with E-state index in [1.165, 1.54) is 10.4 Å². The van der Waals surface area contributed by atoms with E-state index in [-0.39, 0.29) is 23.4 Å². The Labute approximate surface area is 219 Å². The summed E-state index contributed by atoms with van der Waals surface area (Å²) in [6.45, 7) is 11.1. The van der Waals surface area contributed by atoms with Gasteiger partial charge in [0, 0.05) is 21.3 Å². The normalized spacial score (nSPS) is 15.0. The topological polar surface area (TPSA) is 55.4 Å². The van der Waals surface area contributed by atoms with E-state index in [0.29, 0.717) is 33.0 Å². The van der Waals surface area contributed by atoms with Gasteiger partial charge in [-0.15, -0.1) is 0 Å². The highest BCUT2D eigenvalue weighted by Crippen LogP contribution is 2.36. The fourth-order valence-electron chi connectivity index (χ4n) is 4.36. The van der Waals surface area contributed by atoms with E-state index in [2.05, 4.69) is 88.4 Å². The van der Waals surface area contributed by atoms with Gasteiger partial charge >= 0.3 is 0 Å². The molecule has 3 unspecified atom stereocenters. The predicted molar refractivity (Wildman–Crippen MR) is 148 cm³/mol. The molecule has 0 aliphatic carbocycles. The van der Waals surface area contributed by atoms with Crippen molar-refractivity contribution in [3.8, 4) is 0 Å². The molecule has 0 radical (unpaired) electrons. The lowest BCUT2D eigenvalue weighted by Crippen LogP contribution is -2.67. The first-order valence-corrected chi connectivity index (χ1v) is 14.7. The minimum absolute atomic E-state index is 0.0914. The van der Waals surface area contributed by atoms with Crippen LogP contribution >= 0.6 is 0 Å². The molecule has 202 valence electrons.